The van der Waals surface area contributed by atoms with E-state index in [1.165, 1.54) is 7.11 Å². The van der Waals surface area contributed by atoms with Crippen molar-refractivity contribution in [2.45, 2.75) is 6.04 Å². The van der Waals surface area contributed by atoms with Crippen molar-refractivity contribution >= 4 is 5.97 Å². The first-order valence-corrected chi connectivity index (χ1v) is 4.65. The molecule has 0 aromatic heterocycles. The zero-order chi connectivity index (χ0) is 11.1. The Labute approximate surface area is 85.8 Å². The SMILES string of the molecule is COC(=O)C(CN)N(C)CCN(C)C. The molecule has 0 radical (unpaired) electrons. The van der Waals surface area contributed by atoms with Gasteiger partial charge in [0.05, 0.1) is 7.11 Å². The predicted molar refractivity (Wildman–Crippen MR) is 56.0 cm³/mol. The number of nitrogens with two attached hydrogens (primary N) is 1. The first kappa shape index (κ1) is 13.4. The van der Waals surface area contributed by atoms with Gasteiger partial charge in [0.2, 0.25) is 0 Å². The fourth-order valence-corrected chi connectivity index (χ4v) is 1.11. The Balaban J connectivity index is 4.04. The van der Waals surface area contributed by atoms with Crippen molar-refractivity contribution in [3.05, 3.63) is 0 Å². The molecule has 0 heterocycles. The van der Waals surface area contributed by atoms with Gasteiger partial charge in [0.25, 0.3) is 0 Å². The summed E-state index contributed by atoms with van der Waals surface area (Å²) in [5.41, 5.74) is 5.50. The van der Waals surface area contributed by atoms with Gasteiger partial charge in [-0.05, 0) is 21.1 Å². The van der Waals surface area contributed by atoms with Crippen molar-refractivity contribution in [1.82, 2.24) is 9.80 Å². The molecular weight excluding hydrogens is 182 g/mol. The van der Waals surface area contributed by atoms with Crippen LogP contribution >= 0.6 is 0 Å². The van der Waals surface area contributed by atoms with Crippen LogP contribution in [0.5, 0.6) is 0 Å². The van der Waals surface area contributed by atoms with E-state index in [9.17, 15) is 4.79 Å². The second kappa shape index (κ2) is 6.75. The highest BCUT2D eigenvalue weighted by Crippen LogP contribution is 1.97. The largest absolute Gasteiger partial charge is 0.468 e. The van der Waals surface area contributed by atoms with Crippen LogP contribution in [-0.2, 0) is 9.53 Å². The van der Waals surface area contributed by atoms with Gasteiger partial charge in [-0.3, -0.25) is 9.69 Å². The number of hydrogen-bond acceptors (Lipinski definition) is 5. The van der Waals surface area contributed by atoms with E-state index < -0.39 is 0 Å². The van der Waals surface area contributed by atoms with E-state index >= 15 is 0 Å². The molecule has 5 nitrogen and oxygen atoms in total. The van der Waals surface area contributed by atoms with Crippen molar-refractivity contribution < 1.29 is 9.53 Å². The molecule has 0 bridgehead atoms. The summed E-state index contributed by atoms with van der Waals surface area (Å²) in [6, 6.07) is -0.333. The second-order valence-corrected chi connectivity index (χ2v) is 3.56. The third kappa shape index (κ3) is 4.55. The minimum Gasteiger partial charge on any atom is -0.468 e. The average Bonchev–Trinajstić information content (AvgIpc) is 2.15. The van der Waals surface area contributed by atoms with Crippen LogP contribution in [0.3, 0.4) is 0 Å². The Morgan fingerprint density at radius 2 is 1.93 bits per heavy atom. The van der Waals surface area contributed by atoms with Gasteiger partial charge in [0.1, 0.15) is 6.04 Å². The molecule has 14 heavy (non-hydrogen) atoms. The van der Waals surface area contributed by atoms with E-state index in [4.69, 9.17) is 5.73 Å². The number of carbonyl (C=O) groups is 1. The first-order valence-electron chi connectivity index (χ1n) is 4.65. The molecule has 0 aliphatic carbocycles. The maximum absolute atomic E-state index is 11.3. The molecule has 0 spiro atoms. The molecule has 5 heteroatoms. The van der Waals surface area contributed by atoms with Gasteiger partial charge in [0, 0.05) is 19.6 Å². The molecule has 0 fully saturated rings. The molecule has 0 aromatic rings. The summed E-state index contributed by atoms with van der Waals surface area (Å²) in [5, 5.41) is 0. The zero-order valence-electron chi connectivity index (χ0n) is 9.49. The Hall–Kier alpha value is -0.650. The highest BCUT2D eigenvalue weighted by molar-refractivity contribution is 5.75. The summed E-state index contributed by atoms with van der Waals surface area (Å²) in [6.07, 6.45) is 0. The van der Waals surface area contributed by atoms with Crippen LogP contribution in [-0.4, -0.2) is 69.7 Å². The van der Waals surface area contributed by atoms with E-state index in [0.29, 0.717) is 0 Å². The molecule has 0 aliphatic heterocycles. The van der Waals surface area contributed by atoms with Gasteiger partial charge in [-0.2, -0.15) is 0 Å². The molecular formula is C9H21N3O2. The maximum Gasteiger partial charge on any atom is 0.324 e. The summed E-state index contributed by atoms with van der Waals surface area (Å²) in [6.45, 7) is 1.98. The molecule has 2 N–H and O–H groups in total. The smallest absolute Gasteiger partial charge is 0.324 e. The van der Waals surface area contributed by atoms with Crippen LogP contribution in [0.2, 0.25) is 0 Å². The van der Waals surface area contributed by atoms with Crippen molar-refractivity contribution in [3.63, 3.8) is 0 Å². The van der Waals surface area contributed by atoms with E-state index in [-0.39, 0.29) is 18.6 Å². The third-order valence-electron chi connectivity index (χ3n) is 2.13. The lowest BCUT2D eigenvalue weighted by Gasteiger charge is -2.25. The lowest BCUT2D eigenvalue weighted by Crippen LogP contribution is -2.46. The number of ether oxygens (including phenoxy) is 1. The number of carbonyl (C=O) groups excluding carboxylic acids is 1. The fourth-order valence-electron chi connectivity index (χ4n) is 1.11. The number of methoxy groups -OCH3 is 1. The van der Waals surface area contributed by atoms with E-state index in [2.05, 4.69) is 9.64 Å². The lowest BCUT2D eigenvalue weighted by molar-refractivity contribution is -0.146. The topological polar surface area (TPSA) is 58.8 Å². The third-order valence-corrected chi connectivity index (χ3v) is 2.13. The van der Waals surface area contributed by atoms with Crippen LogP contribution in [0, 0.1) is 0 Å². The molecule has 0 aromatic carbocycles. The Morgan fingerprint density at radius 1 is 1.36 bits per heavy atom. The van der Waals surface area contributed by atoms with Crippen LogP contribution in [0.4, 0.5) is 0 Å². The van der Waals surface area contributed by atoms with Gasteiger partial charge in [-0.1, -0.05) is 0 Å². The fraction of sp³-hybridized carbons (Fsp3) is 0.889. The standard InChI is InChI=1S/C9H21N3O2/c1-11(2)5-6-12(3)8(7-10)9(13)14-4/h8H,5-7,10H2,1-4H3. The summed E-state index contributed by atoms with van der Waals surface area (Å²) >= 11 is 0. The molecule has 1 unspecified atom stereocenters. The molecule has 1 atom stereocenters. The summed E-state index contributed by atoms with van der Waals surface area (Å²) in [4.78, 5) is 15.2. The normalized spacial score (nSPS) is 13.4. The number of likely N-dealkylation sites (N-methyl/N-ethyl adjacent to an activating group) is 2. The monoisotopic (exact) mass is 203 g/mol. The molecule has 0 saturated heterocycles. The molecule has 0 rings (SSSR count). The van der Waals surface area contributed by atoms with Crippen LogP contribution in [0.25, 0.3) is 0 Å². The van der Waals surface area contributed by atoms with Crippen molar-refractivity contribution in [1.29, 1.82) is 0 Å². The molecule has 84 valence electrons. The predicted octanol–water partition coefficient (Wildman–Crippen LogP) is -1.02. The summed E-state index contributed by atoms with van der Waals surface area (Å²) in [5.74, 6) is -0.270. The summed E-state index contributed by atoms with van der Waals surface area (Å²) in [7, 11) is 7.23. The second-order valence-electron chi connectivity index (χ2n) is 3.56. The minimum absolute atomic E-state index is 0.270. The maximum atomic E-state index is 11.3. The van der Waals surface area contributed by atoms with Crippen LogP contribution < -0.4 is 5.73 Å². The highest BCUT2D eigenvalue weighted by Gasteiger charge is 2.21. The molecule has 0 aliphatic rings. The number of rotatable bonds is 6. The van der Waals surface area contributed by atoms with Gasteiger partial charge >= 0.3 is 5.97 Å². The van der Waals surface area contributed by atoms with E-state index in [1.54, 1.807) is 0 Å². The van der Waals surface area contributed by atoms with Gasteiger partial charge in [-0.25, -0.2) is 0 Å². The van der Waals surface area contributed by atoms with Crippen LogP contribution in [0.15, 0.2) is 0 Å². The molecule has 0 amide bonds. The average molecular weight is 203 g/mol. The Morgan fingerprint density at radius 3 is 2.29 bits per heavy atom. The minimum atomic E-state index is -0.333. The molecule has 0 saturated carbocycles. The highest BCUT2D eigenvalue weighted by atomic mass is 16.5. The van der Waals surface area contributed by atoms with Gasteiger partial charge in [0.15, 0.2) is 0 Å². The first-order chi connectivity index (χ1) is 6.52. The number of nitrogens with zero attached hydrogens (tertiary/aromatic N) is 2. The number of esters is 1. The van der Waals surface area contributed by atoms with Gasteiger partial charge in [-0.15, -0.1) is 0 Å². The van der Waals surface area contributed by atoms with Crippen molar-refractivity contribution in [2.75, 3.05) is 47.9 Å². The van der Waals surface area contributed by atoms with Crippen molar-refractivity contribution in [3.8, 4) is 0 Å². The van der Waals surface area contributed by atoms with Gasteiger partial charge < -0.3 is 15.4 Å². The quantitative estimate of drug-likeness (QED) is 0.560. The van der Waals surface area contributed by atoms with Crippen LogP contribution in [0.1, 0.15) is 0 Å². The lowest BCUT2D eigenvalue weighted by atomic mass is 10.2. The Kier molecular flexibility index (Phi) is 6.44. The van der Waals surface area contributed by atoms with Crippen molar-refractivity contribution in [2.24, 2.45) is 5.73 Å². The van der Waals surface area contributed by atoms with E-state index in [1.807, 2.05) is 26.0 Å². The number of hydrogen-bond donors (Lipinski definition) is 1. The van der Waals surface area contributed by atoms with E-state index in [0.717, 1.165) is 13.1 Å². The zero-order valence-corrected chi connectivity index (χ0v) is 9.49. The Bertz CT molecular complexity index is 173. The summed E-state index contributed by atoms with van der Waals surface area (Å²) < 4.78 is 4.66.